The maximum atomic E-state index is 14.0. The van der Waals surface area contributed by atoms with Gasteiger partial charge in [0.25, 0.3) is 11.6 Å². The first-order valence-corrected chi connectivity index (χ1v) is 11.1. The molecule has 176 valence electrons. The Balaban J connectivity index is 1.46. The first kappa shape index (κ1) is 23.5. The van der Waals surface area contributed by atoms with Crippen molar-refractivity contribution in [1.29, 1.82) is 0 Å². The SMILES string of the molecule is Cn1cnnc1Sc1ccc(C(=O)N2CCC(C(=O)c3cc(F)ccc3F)CC2)cc1[N+](=O)[O-]. The van der Waals surface area contributed by atoms with E-state index in [1.807, 2.05) is 0 Å². The minimum Gasteiger partial charge on any atom is -0.339 e. The number of benzene rings is 2. The van der Waals surface area contributed by atoms with Crippen molar-refractivity contribution < 1.29 is 23.3 Å². The van der Waals surface area contributed by atoms with Crippen LogP contribution in [0.2, 0.25) is 0 Å². The summed E-state index contributed by atoms with van der Waals surface area (Å²) in [5.41, 5.74) is -0.378. The standard InChI is InChI=1S/C22H19F2N5O4S/c1-27-12-25-26-22(27)34-19-5-2-14(10-18(19)29(32)33)21(31)28-8-6-13(7-9-28)20(30)16-11-15(23)3-4-17(16)24/h2-5,10-13H,6-9H2,1H3. The lowest BCUT2D eigenvalue weighted by Crippen LogP contribution is -2.40. The number of nitrogens with zero attached hydrogens (tertiary/aromatic N) is 5. The summed E-state index contributed by atoms with van der Waals surface area (Å²) in [4.78, 5) is 38.5. The first-order valence-electron chi connectivity index (χ1n) is 10.3. The molecule has 34 heavy (non-hydrogen) atoms. The fraction of sp³-hybridized carbons (Fsp3) is 0.273. The number of Topliss-reactive ketones (excluding diaryl/α,β-unsaturated/α-hetero) is 1. The summed E-state index contributed by atoms with van der Waals surface area (Å²) in [7, 11) is 1.71. The maximum absolute atomic E-state index is 14.0. The number of ketones is 1. The summed E-state index contributed by atoms with van der Waals surface area (Å²) in [5, 5.41) is 19.7. The molecule has 1 aromatic heterocycles. The molecule has 0 atom stereocenters. The van der Waals surface area contributed by atoms with E-state index in [0.717, 1.165) is 30.0 Å². The van der Waals surface area contributed by atoms with Crippen molar-refractivity contribution in [2.45, 2.75) is 22.9 Å². The lowest BCUT2D eigenvalue weighted by molar-refractivity contribution is -0.387. The summed E-state index contributed by atoms with van der Waals surface area (Å²) in [6, 6.07) is 6.97. The Morgan fingerprint density at radius 1 is 1.15 bits per heavy atom. The number of nitro groups is 1. The highest BCUT2D eigenvalue weighted by atomic mass is 32.2. The Morgan fingerprint density at radius 3 is 2.53 bits per heavy atom. The van der Waals surface area contributed by atoms with Gasteiger partial charge in [-0.3, -0.25) is 19.7 Å². The van der Waals surface area contributed by atoms with E-state index in [4.69, 9.17) is 0 Å². The Labute approximate surface area is 196 Å². The lowest BCUT2D eigenvalue weighted by atomic mass is 9.88. The van der Waals surface area contributed by atoms with Crippen LogP contribution in [0, 0.1) is 27.7 Å². The molecular weight excluding hydrogens is 468 g/mol. The Bertz CT molecular complexity index is 1270. The lowest BCUT2D eigenvalue weighted by Gasteiger charge is -2.31. The van der Waals surface area contributed by atoms with Crippen LogP contribution < -0.4 is 0 Å². The van der Waals surface area contributed by atoms with E-state index in [2.05, 4.69) is 10.2 Å². The second-order valence-corrected chi connectivity index (χ2v) is 8.83. The molecule has 1 saturated heterocycles. The monoisotopic (exact) mass is 487 g/mol. The van der Waals surface area contributed by atoms with Crippen molar-refractivity contribution in [1.82, 2.24) is 19.7 Å². The number of halogens is 2. The molecule has 0 aliphatic carbocycles. The van der Waals surface area contributed by atoms with Crippen LogP contribution in [0.25, 0.3) is 0 Å². The minimum atomic E-state index is -0.781. The molecule has 0 radical (unpaired) electrons. The number of piperidine rings is 1. The molecule has 1 fully saturated rings. The molecule has 1 amide bonds. The molecular formula is C22H19F2N5O4S. The zero-order valence-electron chi connectivity index (χ0n) is 18.0. The predicted molar refractivity (Wildman–Crippen MR) is 118 cm³/mol. The van der Waals surface area contributed by atoms with Gasteiger partial charge in [-0.15, -0.1) is 10.2 Å². The van der Waals surface area contributed by atoms with Crippen molar-refractivity contribution in [2.75, 3.05) is 13.1 Å². The molecule has 4 rings (SSSR count). The number of carbonyl (C=O) groups excluding carboxylic acids is 2. The normalized spacial score (nSPS) is 14.3. The molecule has 2 heterocycles. The van der Waals surface area contributed by atoms with Crippen molar-refractivity contribution in [3.05, 3.63) is 75.6 Å². The van der Waals surface area contributed by atoms with Gasteiger partial charge in [-0.25, -0.2) is 8.78 Å². The van der Waals surface area contributed by atoms with Gasteiger partial charge in [0.2, 0.25) is 0 Å². The van der Waals surface area contributed by atoms with Gasteiger partial charge in [-0.1, -0.05) is 0 Å². The van der Waals surface area contributed by atoms with Gasteiger partial charge in [0, 0.05) is 37.7 Å². The van der Waals surface area contributed by atoms with Gasteiger partial charge in [-0.05, 0) is 54.9 Å². The molecule has 12 heteroatoms. The fourth-order valence-corrected chi connectivity index (χ4v) is 4.63. The van der Waals surface area contributed by atoms with E-state index in [0.29, 0.717) is 10.1 Å². The minimum absolute atomic E-state index is 0.148. The van der Waals surface area contributed by atoms with Crippen LogP contribution in [0.15, 0.2) is 52.8 Å². The fourth-order valence-electron chi connectivity index (χ4n) is 3.78. The molecule has 0 bridgehead atoms. The number of rotatable bonds is 6. The third kappa shape index (κ3) is 4.81. The Morgan fingerprint density at radius 2 is 1.88 bits per heavy atom. The molecule has 1 aliphatic rings. The van der Waals surface area contributed by atoms with Crippen LogP contribution in [0.4, 0.5) is 14.5 Å². The zero-order chi connectivity index (χ0) is 24.4. The maximum Gasteiger partial charge on any atom is 0.284 e. The first-order chi connectivity index (χ1) is 16.2. The number of hydrogen-bond acceptors (Lipinski definition) is 7. The second-order valence-electron chi connectivity index (χ2n) is 7.82. The Kier molecular flexibility index (Phi) is 6.68. The zero-order valence-corrected chi connectivity index (χ0v) is 18.8. The number of hydrogen-bond donors (Lipinski definition) is 0. The van der Waals surface area contributed by atoms with E-state index >= 15 is 0 Å². The van der Waals surface area contributed by atoms with Crippen molar-refractivity contribution in [2.24, 2.45) is 13.0 Å². The highest BCUT2D eigenvalue weighted by Crippen LogP contribution is 2.34. The van der Waals surface area contributed by atoms with Crippen LogP contribution in [-0.4, -0.2) is 49.4 Å². The molecule has 2 aromatic carbocycles. The number of likely N-dealkylation sites (tertiary alicyclic amines) is 1. The summed E-state index contributed by atoms with van der Waals surface area (Å²) < 4.78 is 29.0. The van der Waals surface area contributed by atoms with Gasteiger partial charge in [0.05, 0.1) is 15.4 Å². The smallest absolute Gasteiger partial charge is 0.284 e. The van der Waals surface area contributed by atoms with E-state index in [1.165, 1.54) is 29.4 Å². The van der Waals surface area contributed by atoms with Crippen LogP contribution in [-0.2, 0) is 7.05 Å². The second kappa shape index (κ2) is 9.67. The molecule has 0 spiro atoms. The summed E-state index contributed by atoms with van der Waals surface area (Å²) in [6.07, 6.45) is 2.04. The molecule has 9 nitrogen and oxygen atoms in total. The summed E-state index contributed by atoms with van der Waals surface area (Å²) in [6.45, 7) is 0.435. The average Bonchev–Trinajstić information content (AvgIpc) is 3.24. The van der Waals surface area contributed by atoms with E-state index in [1.54, 1.807) is 11.6 Å². The van der Waals surface area contributed by atoms with Crippen LogP contribution in [0.5, 0.6) is 0 Å². The third-order valence-corrected chi connectivity index (χ3v) is 6.74. The van der Waals surface area contributed by atoms with E-state index in [9.17, 15) is 28.5 Å². The highest BCUT2D eigenvalue weighted by molar-refractivity contribution is 7.99. The van der Waals surface area contributed by atoms with Gasteiger partial charge >= 0.3 is 0 Å². The van der Waals surface area contributed by atoms with Crippen molar-refractivity contribution >= 4 is 29.1 Å². The topological polar surface area (TPSA) is 111 Å². The quantitative estimate of drug-likeness (QED) is 0.295. The van der Waals surface area contributed by atoms with Gasteiger partial charge < -0.3 is 9.47 Å². The molecule has 0 saturated carbocycles. The predicted octanol–water partition coefficient (Wildman–Crippen LogP) is 3.89. The largest absolute Gasteiger partial charge is 0.339 e. The summed E-state index contributed by atoms with van der Waals surface area (Å²) >= 11 is 1.06. The van der Waals surface area contributed by atoms with E-state index in [-0.39, 0.29) is 42.7 Å². The summed E-state index contributed by atoms with van der Waals surface area (Å²) in [5.74, 6) is -2.91. The van der Waals surface area contributed by atoms with Crippen LogP contribution in [0.1, 0.15) is 33.6 Å². The van der Waals surface area contributed by atoms with Crippen molar-refractivity contribution in [3.8, 4) is 0 Å². The third-order valence-electron chi connectivity index (χ3n) is 5.62. The van der Waals surface area contributed by atoms with Gasteiger partial charge in [0.1, 0.15) is 18.0 Å². The number of nitro benzene ring substituents is 1. The number of carbonyl (C=O) groups is 2. The van der Waals surface area contributed by atoms with E-state index < -0.39 is 34.2 Å². The number of aryl methyl sites for hydroxylation is 1. The van der Waals surface area contributed by atoms with Crippen LogP contribution >= 0.6 is 11.8 Å². The number of amides is 1. The number of aromatic nitrogens is 3. The van der Waals surface area contributed by atoms with Crippen LogP contribution in [0.3, 0.4) is 0 Å². The molecule has 3 aromatic rings. The highest BCUT2D eigenvalue weighted by Gasteiger charge is 2.30. The molecule has 0 unspecified atom stereocenters. The molecule has 1 aliphatic heterocycles. The van der Waals surface area contributed by atoms with Gasteiger partial charge in [-0.2, -0.15) is 0 Å². The molecule has 0 N–H and O–H groups in total. The van der Waals surface area contributed by atoms with Gasteiger partial charge in [0.15, 0.2) is 10.9 Å². The Hall–Kier alpha value is -3.67. The average molecular weight is 487 g/mol. The van der Waals surface area contributed by atoms with Crippen molar-refractivity contribution in [3.63, 3.8) is 0 Å².